The number of alkyl halides is 1. The summed E-state index contributed by atoms with van der Waals surface area (Å²) in [6.45, 7) is 2.83. The van der Waals surface area contributed by atoms with Crippen molar-refractivity contribution in [3.63, 3.8) is 0 Å². The number of imidazole rings is 1. The Morgan fingerprint density at radius 3 is 2.76 bits per heavy atom. The van der Waals surface area contributed by atoms with Crippen molar-refractivity contribution in [3.8, 4) is 11.3 Å². The number of H-pyrrole nitrogens is 1. The van der Waals surface area contributed by atoms with Crippen molar-refractivity contribution in [2.24, 2.45) is 0 Å². The second kappa shape index (κ2) is 6.41. The second-order valence-corrected chi connectivity index (χ2v) is 7.41. The molecule has 1 saturated heterocycles. The summed E-state index contributed by atoms with van der Waals surface area (Å²) >= 11 is 0. The number of piperidine rings is 1. The fourth-order valence-electron chi connectivity index (χ4n) is 3.79. The molecule has 7 nitrogen and oxygen atoms in total. The van der Waals surface area contributed by atoms with Crippen LogP contribution < -0.4 is 10.9 Å². The summed E-state index contributed by atoms with van der Waals surface area (Å²) in [5, 5.41) is 3.37. The van der Waals surface area contributed by atoms with Gasteiger partial charge in [-0.1, -0.05) is 0 Å². The molecule has 0 amide bonds. The number of fused-ring (bicyclic) bond motifs is 2. The molecule has 2 N–H and O–H groups in total. The molecule has 0 radical (unpaired) electrons. The van der Waals surface area contributed by atoms with E-state index in [4.69, 9.17) is 0 Å². The predicted octanol–water partition coefficient (Wildman–Crippen LogP) is 2.63. The van der Waals surface area contributed by atoms with Crippen LogP contribution in [0.3, 0.4) is 0 Å². The first-order chi connectivity index (χ1) is 13.9. The van der Waals surface area contributed by atoms with Crippen LogP contribution in [0.2, 0.25) is 0 Å². The van der Waals surface area contributed by atoms with Crippen LogP contribution >= 0.6 is 0 Å². The van der Waals surface area contributed by atoms with Crippen molar-refractivity contribution in [3.05, 3.63) is 58.4 Å². The molecule has 0 unspecified atom stereocenters. The summed E-state index contributed by atoms with van der Waals surface area (Å²) in [6.07, 6.45) is 5.33. The smallest absolute Gasteiger partial charge is 0.258 e. The Bertz CT molecular complexity index is 1310. The monoisotopic (exact) mass is 396 g/mol. The van der Waals surface area contributed by atoms with Crippen LogP contribution in [0, 0.1) is 12.7 Å². The van der Waals surface area contributed by atoms with E-state index in [9.17, 15) is 9.18 Å². The Labute approximate surface area is 163 Å². The van der Waals surface area contributed by atoms with Gasteiger partial charge in [-0.2, -0.15) is 0 Å². The van der Waals surface area contributed by atoms with E-state index in [0.29, 0.717) is 35.6 Å². The van der Waals surface area contributed by atoms with Gasteiger partial charge in [0.1, 0.15) is 5.82 Å². The molecule has 0 saturated carbocycles. The largest absolute Gasteiger partial charge is 0.316 e. The van der Waals surface area contributed by atoms with E-state index in [-0.39, 0.29) is 29.7 Å². The highest BCUT2D eigenvalue weighted by atomic mass is 19.1. The zero-order valence-corrected chi connectivity index (χ0v) is 15.7. The van der Waals surface area contributed by atoms with Crippen molar-refractivity contribution in [2.75, 3.05) is 13.1 Å². The molecule has 0 aromatic carbocycles. The molecule has 4 aromatic rings. The zero-order valence-electron chi connectivity index (χ0n) is 15.7. The van der Waals surface area contributed by atoms with Gasteiger partial charge in [-0.15, -0.1) is 0 Å². The lowest BCUT2D eigenvalue weighted by Crippen LogP contribution is -2.38. The molecule has 0 aliphatic carbocycles. The van der Waals surface area contributed by atoms with E-state index in [1.165, 1.54) is 12.3 Å². The fraction of sp³-hybridized carbons (Fsp3) is 0.300. The first-order valence-electron chi connectivity index (χ1n) is 9.38. The van der Waals surface area contributed by atoms with Crippen LogP contribution in [0.15, 0.2) is 35.5 Å². The van der Waals surface area contributed by atoms with Crippen molar-refractivity contribution in [1.29, 1.82) is 0 Å². The van der Waals surface area contributed by atoms with E-state index in [0.717, 1.165) is 0 Å². The molecule has 1 aliphatic heterocycles. The van der Waals surface area contributed by atoms with E-state index in [1.54, 1.807) is 29.8 Å². The number of hydrogen-bond donors (Lipinski definition) is 2. The van der Waals surface area contributed by atoms with Gasteiger partial charge >= 0.3 is 0 Å². The van der Waals surface area contributed by atoms with Crippen LogP contribution in [0.1, 0.15) is 24.4 Å². The van der Waals surface area contributed by atoms with Crippen molar-refractivity contribution in [2.45, 2.75) is 25.4 Å². The summed E-state index contributed by atoms with van der Waals surface area (Å²) in [5.74, 6) is -0.447. The summed E-state index contributed by atoms with van der Waals surface area (Å²) in [7, 11) is 0. The quantitative estimate of drug-likeness (QED) is 0.544. The summed E-state index contributed by atoms with van der Waals surface area (Å²) < 4.78 is 31.2. The van der Waals surface area contributed by atoms with Crippen LogP contribution in [0.25, 0.3) is 27.8 Å². The Kier molecular flexibility index (Phi) is 3.95. The van der Waals surface area contributed by atoms with Gasteiger partial charge in [0.05, 0.1) is 28.5 Å². The Morgan fingerprint density at radius 2 is 1.97 bits per heavy atom. The third kappa shape index (κ3) is 2.98. The predicted molar refractivity (Wildman–Crippen MR) is 104 cm³/mol. The van der Waals surface area contributed by atoms with Crippen LogP contribution in [-0.2, 0) is 5.67 Å². The molecular formula is C20H18F2N6O. The molecule has 0 bridgehead atoms. The van der Waals surface area contributed by atoms with Crippen LogP contribution in [0.5, 0.6) is 0 Å². The van der Waals surface area contributed by atoms with Gasteiger partial charge in [-0.05, 0) is 32.1 Å². The number of pyridine rings is 2. The van der Waals surface area contributed by atoms with Crippen LogP contribution in [-0.4, -0.2) is 37.4 Å². The Balaban J connectivity index is 1.62. The molecular weight excluding hydrogens is 378 g/mol. The summed E-state index contributed by atoms with van der Waals surface area (Å²) in [5.41, 5.74) is 0.0437. The maximum absolute atomic E-state index is 15.2. The van der Waals surface area contributed by atoms with Crippen molar-refractivity contribution < 1.29 is 8.78 Å². The Morgan fingerprint density at radius 1 is 1.17 bits per heavy atom. The highest BCUT2D eigenvalue weighted by Crippen LogP contribution is 2.32. The van der Waals surface area contributed by atoms with E-state index < -0.39 is 17.0 Å². The Hall–Kier alpha value is -3.20. The number of halogens is 2. The lowest BCUT2D eigenvalue weighted by molar-refractivity contribution is 0.104. The molecule has 0 atom stereocenters. The number of nitrogens with one attached hydrogen (secondary N) is 2. The summed E-state index contributed by atoms with van der Waals surface area (Å²) in [4.78, 5) is 28.0. The third-order valence-electron chi connectivity index (χ3n) is 5.33. The minimum Gasteiger partial charge on any atom is -0.316 e. The maximum atomic E-state index is 15.2. The molecule has 9 heteroatoms. The normalized spacial score (nSPS) is 16.5. The molecule has 29 heavy (non-hydrogen) atoms. The molecule has 5 rings (SSSR count). The number of aryl methyl sites for hydroxylation is 1. The van der Waals surface area contributed by atoms with Crippen molar-refractivity contribution >= 4 is 16.6 Å². The number of nitrogens with zero attached hydrogens (tertiary/aromatic N) is 4. The van der Waals surface area contributed by atoms with Gasteiger partial charge in [0.2, 0.25) is 0 Å². The van der Waals surface area contributed by atoms with Gasteiger partial charge < -0.3 is 14.7 Å². The second-order valence-electron chi connectivity index (χ2n) is 7.41. The molecule has 5 heterocycles. The average Bonchev–Trinajstić information content (AvgIpc) is 3.09. The summed E-state index contributed by atoms with van der Waals surface area (Å²) in [6, 6.07) is 2.88. The third-order valence-corrected chi connectivity index (χ3v) is 5.33. The molecule has 4 aromatic heterocycles. The van der Waals surface area contributed by atoms with E-state index in [1.807, 2.05) is 0 Å². The van der Waals surface area contributed by atoms with Crippen molar-refractivity contribution in [1.82, 2.24) is 29.7 Å². The van der Waals surface area contributed by atoms with Gasteiger partial charge in [0.15, 0.2) is 17.1 Å². The minimum absolute atomic E-state index is 0.0346. The first-order valence-corrected chi connectivity index (χ1v) is 9.38. The maximum Gasteiger partial charge on any atom is 0.258 e. The molecule has 0 spiro atoms. The number of hydrogen-bond acceptors (Lipinski definition) is 5. The lowest BCUT2D eigenvalue weighted by Gasteiger charge is -2.28. The lowest BCUT2D eigenvalue weighted by atomic mass is 9.93. The number of aromatic amines is 1. The van der Waals surface area contributed by atoms with Gasteiger partial charge in [-0.3, -0.25) is 9.78 Å². The molecule has 1 fully saturated rings. The van der Waals surface area contributed by atoms with Gasteiger partial charge in [0.25, 0.3) is 5.56 Å². The highest BCUT2D eigenvalue weighted by Gasteiger charge is 2.36. The topological polar surface area (TPSA) is 88.0 Å². The first kappa shape index (κ1) is 17.9. The number of rotatable bonds is 2. The van der Waals surface area contributed by atoms with Gasteiger partial charge in [0, 0.05) is 30.8 Å². The molecule has 148 valence electrons. The zero-order chi connectivity index (χ0) is 20.2. The van der Waals surface area contributed by atoms with Gasteiger partial charge in [-0.25, -0.2) is 18.7 Å². The van der Waals surface area contributed by atoms with Crippen LogP contribution in [0.4, 0.5) is 8.78 Å². The minimum atomic E-state index is -1.66. The standard InChI is InChI=1S/C20H18F2N6O/c1-11-9-28-10-12(6-14(21)17(28)25-11)15-7-13-16(8-24-15)26-19(27-18(13)29)20(22)2-4-23-5-3-20/h6-10,23H,2-5H2,1H3,(H,26,27,29). The number of aromatic nitrogens is 5. The highest BCUT2D eigenvalue weighted by molar-refractivity contribution is 5.81. The van der Waals surface area contributed by atoms with E-state index >= 15 is 4.39 Å². The average molecular weight is 396 g/mol. The van der Waals surface area contributed by atoms with E-state index in [2.05, 4.69) is 25.3 Å². The fourth-order valence-corrected chi connectivity index (χ4v) is 3.79. The SMILES string of the molecule is Cc1cn2cc(-c3cc4c(=O)[nH]c(C5(F)CCNCC5)nc4cn3)cc(F)c2n1. The molecule has 1 aliphatic rings.